The fourth-order valence-corrected chi connectivity index (χ4v) is 2.66. The molecule has 0 aromatic heterocycles. The van der Waals surface area contributed by atoms with Crippen LogP contribution in [0.2, 0.25) is 0 Å². The molecule has 4 nitrogen and oxygen atoms in total. The van der Waals surface area contributed by atoms with Gasteiger partial charge in [-0.25, -0.2) is 9.18 Å². The van der Waals surface area contributed by atoms with Crippen LogP contribution in [0, 0.1) is 5.82 Å². The van der Waals surface area contributed by atoms with Crippen LogP contribution in [0.1, 0.15) is 30.1 Å². The van der Waals surface area contributed by atoms with E-state index in [0.717, 1.165) is 17.7 Å². The summed E-state index contributed by atoms with van der Waals surface area (Å²) in [5.74, 6) is -0.625. The summed E-state index contributed by atoms with van der Waals surface area (Å²) in [6.07, 6.45) is 1.81. The first-order valence-electron chi connectivity index (χ1n) is 8.04. The van der Waals surface area contributed by atoms with Crippen molar-refractivity contribution in [2.45, 2.75) is 24.7 Å². The minimum absolute atomic E-state index is 0.174. The van der Waals surface area contributed by atoms with Gasteiger partial charge in [-0.2, -0.15) is 0 Å². The highest BCUT2D eigenvalue weighted by Crippen LogP contribution is 2.18. The zero-order valence-electron chi connectivity index (χ0n) is 14.0. The summed E-state index contributed by atoms with van der Waals surface area (Å²) in [7, 11) is 0. The van der Waals surface area contributed by atoms with Crippen LogP contribution in [0.25, 0.3) is 0 Å². The zero-order valence-corrected chi connectivity index (χ0v) is 14.8. The smallest absolute Gasteiger partial charge is 0.338 e. The lowest BCUT2D eigenvalue weighted by Crippen LogP contribution is -2.14. The second-order valence-electron chi connectivity index (χ2n) is 5.36. The lowest BCUT2D eigenvalue weighted by atomic mass is 10.2. The molecule has 2 aromatic carbocycles. The number of unbranched alkanes of at least 4 members (excludes halogenated alkanes) is 1. The van der Waals surface area contributed by atoms with E-state index in [4.69, 9.17) is 4.74 Å². The largest absolute Gasteiger partial charge is 0.462 e. The van der Waals surface area contributed by atoms with E-state index in [9.17, 15) is 14.0 Å². The van der Waals surface area contributed by atoms with Gasteiger partial charge in [0.1, 0.15) is 5.82 Å². The summed E-state index contributed by atoms with van der Waals surface area (Å²) in [6.45, 7) is 2.44. The van der Waals surface area contributed by atoms with E-state index in [1.54, 1.807) is 36.4 Å². The van der Waals surface area contributed by atoms with Gasteiger partial charge in [-0.3, -0.25) is 4.79 Å². The second kappa shape index (κ2) is 9.84. The van der Waals surface area contributed by atoms with Gasteiger partial charge in [0.05, 0.1) is 17.9 Å². The van der Waals surface area contributed by atoms with Crippen LogP contribution in [0.15, 0.2) is 53.4 Å². The number of ether oxygens (including phenoxy) is 1. The molecule has 1 N–H and O–H groups in total. The third-order valence-corrected chi connectivity index (χ3v) is 4.33. The van der Waals surface area contributed by atoms with Crippen LogP contribution in [0.3, 0.4) is 0 Å². The molecule has 0 unspecified atom stereocenters. The van der Waals surface area contributed by atoms with Gasteiger partial charge in [0.25, 0.3) is 0 Å². The topological polar surface area (TPSA) is 55.4 Å². The predicted molar refractivity (Wildman–Crippen MR) is 97.4 cm³/mol. The van der Waals surface area contributed by atoms with Gasteiger partial charge in [-0.05, 0) is 55.0 Å². The molecular formula is C19H20FNO3S. The van der Waals surface area contributed by atoms with Gasteiger partial charge in [0, 0.05) is 10.6 Å². The SMILES string of the molecule is CCCCOC(=O)c1ccc(NC(=O)CSc2ccc(F)cc2)cc1. The summed E-state index contributed by atoms with van der Waals surface area (Å²) in [5, 5.41) is 2.76. The molecule has 0 aliphatic rings. The van der Waals surface area contributed by atoms with Crippen LogP contribution >= 0.6 is 11.8 Å². The molecule has 0 saturated carbocycles. The Morgan fingerprint density at radius 1 is 1.08 bits per heavy atom. The third-order valence-electron chi connectivity index (χ3n) is 3.32. The van der Waals surface area contributed by atoms with Crippen molar-refractivity contribution in [2.75, 3.05) is 17.7 Å². The fourth-order valence-electron chi connectivity index (χ4n) is 1.96. The molecule has 2 rings (SSSR count). The van der Waals surface area contributed by atoms with Crippen molar-refractivity contribution in [2.24, 2.45) is 0 Å². The first-order chi connectivity index (χ1) is 12.1. The Bertz CT molecular complexity index is 702. The Morgan fingerprint density at radius 2 is 1.76 bits per heavy atom. The quantitative estimate of drug-likeness (QED) is 0.427. The third kappa shape index (κ3) is 6.58. The van der Waals surface area contributed by atoms with Crippen molar-refractivity contribution in [3.8, 4) is 0 Å². The molecule has 0 fully saturated rings. The normalized spacial score (nSPS) is 10.3. The highest BCUT2D eigenvalue weighted by molar-refractivity contribution is 8.00. The molecule has 2 aromatic rings. The number of hydrogen-bond acceptors (Lipinski definition) is 4. The number of rotatable bonds is 8. The average Bonchev–Trinajstić information content (AvgIpc) is 2.62. The van der Waals surface area contributed by atoms with E-state index >= 15 is 0 Å². The van der Waals surface area contributed by atoms with Crippen molar-refractivity contribution < 1.29 is 18.7 Å². The van der Waals surface area contributed by atoms with E-state index in [2.05, 4.69) is 5.32 Å². The maximum atomic E-state index is 12.8. The molecular weight excluding hydrogens is 341 g/mol. The monoisotopic (exact) mass is 361 g/mol. The van der Waals surface area contributed by atoms with Crippen LogP contribution in [-0.2, 0) is 9.53 Å². The highest BCUT2D eigenvalue weighted by atomic mass is 32.2. The number of amides is 1. The van der Waals surface area contributed by atoms with Gasteiger partial charge >= 0.3 is 5.97 Å². The van der Waals surface area contributed by atoms with Gasteiger partial charge in [0.15, 0.2) is 0 Å². The Hall–Kier alpha value is -2.34. The van der Waals surface area contributed by atoms with Crippen molar-refractivity contribution in [3.63, 3.8) is 0 Å². The standard InChI is InChI=1S/C19H20FNO3S/c1-2-3-12-24-19(23)14-4-8-16(9-5-14)21-18(22)13-25-17-10-6-15(20)7-11-17/h4-11H,2-3,12-13H2,1H3,(H,21,22). The van der Waals surface area contributed by atoms with Crippen molar-refractivity contribution in [1.29, 1.82) is 0 Å². The van der Waals surface area contributed by atoms with Gasteiger partial charge in [-0.15, -0.1) is 11.8 Å². The van der Waals surface area contributed by atoms with Crippen LogP contribution < -0.4 is 5.32 Å². The average molecular weight is 361 g/mol. The van der Waals surface area contributed by atoms with E-state index in [1.165, 1.54) is 23.9 Å². The minimum Gasteiger partial charge on any atom is -0.462 e. The van der Waals surface area contributed by atoms with Crippen molar-refractivity contribution in [3.05, 3.63) is 59.9 Å². The number of carbonyl (C=O) groups excluding carboxylic acids is 2. The Balaban J connectivity index is 1.80. The Labute approximate surface area is 150 Å². The number of carbonyl (C=O) groups is 2. The number of halogens is 1. The zero-order chi connectivity index (χ0) is 18.1. The first-order valence-corrected chi connectivity index (χ1v) is 9.02. The number of thioether (sulfide) groups is 1. The van der Waals surface area contributed by atoms with Crippen molar-refractivity contribution >= 4 is 29.3 Å². The minimum atomic E-state index is -0.363. The number of hydrogen-bond donors (Lipinski definition) is 1. The summed E-state index contributed by atoms with van der Waals surface area (Å²) in [5.41, 5.74) is 1.06. The molecule has 0 aliphatic heterocycles. The highest BCUT2D eigenvalue weighted by Gasteiger charge is 2.08. The lowest BCUT2D eigenvalue weighted by Gasteiger charge is -2.07. The van der Waals surface area contributed by atoms with Gasteiger partial charge in [0.2, 0.25) is 5.91 Å². The molecule has 0 saturated heterocycles. The molecule has 25 heavy (non-hydrogen) atoms. The molecule has 0 spiro atoms. The van der Waals surface area contributed by atoms with Crippen LogP contribution in [0.5, 0.6) is 0 Å². The summed E-state index contributed by atoms with van der Waals surface area (Å²) >= 11 is 1.32. The predicted octanol–water partition coefficient (Wildman–Crippen LogP) is 4.51. The van der Waals surface area contributed by atoms with Crippen molar-refractivity contribution in [1.82, 2.24) is 0 Å². The maximum absolute atomic E-state index is 12.8. The number of esters is 1. The van der Waals surface area contributed by atoms with Gasteiger partial charge in [-0.1, -0.05) is 13.3 Å². The molecule has 0 aliphatic carbocycles. The van der Waals surface area contributed by atoms with E-state index < -0.39 is 0 Å². The summed E-state index contributed by atoms with van der Waals surface area (Å²) < 4.78 is 18.0. The number of nitrogens with one attached hydrogen (secondary N) is 1. The Morgan fingerprint density at radius 3 is 2.40 bits per heavy atom. The van der Waals surface area contributed by atoms with Crippen LogP contribution in [0.4, 0.5) is 10.1 Å². The summed E-state index contributed by atoms with van der Waals surface area (Å²) in [4.78, 5) is 24.6. The Kier molecular flexibility index (Phi) is 7.47. The number of anilines is 1. The van der Waals surface area contributed by atoms with E-state index in [-0.39, 0.29) is 23.4 Å². The summed E-state index contributed by atoms with van der Waals surface area (Å²) in [6, 6.07) is 12.6. The first kappa shape index (κ1) is 19.0. The molecule has 0 heterocycles. The number of benzene rings is 2. The van der Waals surface area contributed by atoms with Crippen LogP contribution in [-0.4, -0.2) is 24.2 Å². The lowest BCUT2D eigenvalue weighted by molar-refractivity contribution is -0.113. The molecule has 6 heteroatoms. The molecule has 1 amide bonds. The molecule has 0 radical (unpaired) electrons. The second-order valence-corrected chi connectivity index (χ2v) is 6.41. The fraction of sp³-hybridized carbons (Fsp3) is 0.263. The molecule has 0 atom stereocenters. The maximum Gasteiger partial charge on any atom is 0.338 e. The van der Waals surface area contributed by atoms with Gasteiger partial charge < -0.3 is 10.1 Å². The van der Waals surface area contributed by atoms with E-state index in [1.807, 2.05) is 6.92 Å². The molecule has 132 valence electrons. The van der Waals surface area contributed by atoms with E-state index in [0.29, 0.717) is 17.9 Å². The molecule has 0 bridgehead atoms.